The maximum Gasteiger partial charge on any atom is 0.191 e. The maximum absolute atomic E-state index is 5.77. The van der Waals surface area contributed by atoms with Crippen molar-refractivity contribution in [2.24, 2.45) is 0 Å². The summed E-state index contributed by atoms with van der Waals surface area (Å²) in [7, 11) is 0. The zero-order chi connectivity index (χ0) is 10.0. The van der Waals surface area contributed by atoms with Crippen molar-refractivity contribution in [3.05, 3.63) is 23.8 Å². The van der Waals surface area contributed by atoms with Gasteiger partial charge in [-0.15, -0.1) is 6.58 Å². The molecule has 1 aliphatic heterocycles. The van der Waals surface area contributed by atoms with Gasteiger partial charge < -0.3 is 9.47 Å². The third kappa shape index (κ3) is 1.53. The SMILES string of the molecule is C=CCCC1=C(C)CCC12OCCO2. The summed E-state index contributed by atoms with van der Waals surface area (Å²) in [5, 5.41) is 0. The predicted octanol–water partition coefficient (Wildman–Crippen LogP) is 2.81. The molecule has 0 aromatic carbocycles. The lowest BCUT2D eigenvalue weighted by Crippen LogP contribution is -2.29. The standard InChI is InChI=1S/C12H18O2/c1-3-4-5-11-10(2)6-7-12(11)13-8-9-14-12/h3H,1,4-9H2,2H3. The topological polar surface area (TPSA) is 18.5 Å². The Kier molecular flexibility index (Phi) is 2.75. The van der Waals surface area contributed by atoms with E-state index in [4.69, 9.17) is 9.47 Å². The summed E-state index contributed by atoms with van der Waals surface area (Å²) in [5.74, 6) is -0.340. The van der Waals surface area contributed by atoms with Crippen molar-refractivity contribution in [1.82, 2.24) is 0 Å². The lowest BCUT2D eigenvalue weighted by molar-refractivity contribution is -0.125. The molecule has 1 aliphatic carbocycles. The molecule has 1 heterocycles. The summed E-state index contributed by atoms with van der Waals surface area (Å²) < 4.78 is 11.5. The smallest absolute Gasteiger partial charge is 0.191 e. The van der Waals surface area contributed by atoms with Crippen LogP contribution in [0.3, 0.4) is 0 Å². The Labute approximate surface area is 85.6 Å². The zero-order valence-electron chi connectivity index (χ0n) is 8.84. The summed E-state index contributed by atoms with van der Waals surface area (Å²) in [6.07, 6.45) is 6.13. The molecule has 0 bridgehead atoms. The van der Waals surface area contributed by atoms with E-state index in [1.165, 1.54) is 11.1 Å². The molecule has 2 nitrogen and oxygen atoms in total. The molecule has 14 heavy (non-hydrogen) atoms. The molecule has 1 spiro atoms. The quantitative estimate of drug-likeness (QED) is 0.643. The molecule has 78 valence electrons. The number of rotatable bonds is 3. The van der Waals surface area contributed by atoms with Crippen LogP contribution in [-0.4, -0.2) is 19.0 Å². The van der Waals surface area contributed by atoms with Crippen LogP contribution in [0.5, 0.6) is 0 Å². The van der Waals surface area contributed by atoms with E-state index in [9.17, 15) is 0 Å². The van der Waals surface area contributed by atoms with Crippen molar-refractivity contribution < 1.29 is 9.47 Å². The highest BCUT2D eigenvalue weighted by atomic mass is 16.7. The molecule has 0 N–H and O–H groups in total. The fourth-order valence-corrected chi connectivity index (χ4v) is 2.40. The van der Waals surface area contributed by atoms with Gasteiger partial charge in [-0.05, 0) is 31.8 Å². The van der Waals surface area contributed by atoms with E-state index < -0.39 is 0 Å². The normalized spacial score (nSPS) is 24.9. The van der Waals surface area contributed by atoms with E-state index in [0.717, 1.165) is 38.9 Å². The van der Waals surface area contributed by atoms with Crippen LogP contribution >= 0.6 is 0 Å². The molecule has 0 aromatic rings. The van der Waals surface area contributed by atoms with Crippen molar-refractivity contribution in [3.63, 3.8) is 0 Å². The molecule has 1 saturated heterocycles. The van der Waals surface area contributed by atoms with Gasteiger partial charge in [0, 0.05) is 6.42 Å². The highest BCUT2D eigenvalue weighted by Crippen LogP contribution is 2.43. The van der Waals surface area contributed by atoms with Crippen molar-refractivity contribution in [2.75, 3.05) is 13.2 Å². The van der Waals surface area contributed by atoms with Gasteiger partial charge in [0.2, 0.25) is 0 Å². The van der Waals surface area contributed by atoms with E-state index in [0.29, 0.717) is 0 Å². The molecule has 0 amide bonds. The summed E-state index contributed by atoms with van der Waals surface area (Å²) in [5.41, 5.74) is 2.82. The lowest BCUT2D eigenvalue weighted by atomic mass is 10.0. The lowest BCUT2D eigenvalue weighted by Gasteiger charge is -2.25. The number of hydrogen-bond donors (Lipinski definition) is 0. The summed E-state index contributed by atoms with van der Waals surface area (Å²) in [4.78, 5) is 0. The van der Waals surface area contributed by atoms with Gasteiger partial charge in [0.25, 0.3) is 0 Å². The van der Waals surface area contributed by atoms with Crippen molar-refractivity contribution >= 4 is 0 Å². The minimum Gasteiger partial charge on any atom is -0.344 e. The van der Waals surface area contributed by atoms with Crippen LogP contribution in [0.1, 0.15) is 32.6 Å². The largest absolute Gasteiger partial charge is 0.344 e. The zero-order valence-corrected chi connectivity index (χ0v) is 8.84. The highest BCUT2D eigenvalue weighted by Gasteiger charge is 2.44. The summed E-state index contributed by atoms with van der Waals surface area (Å²) >= 11 is 0. The molecule has 0 radical (unpaired) electrons. The molecular weight excluding hydrogens is 176 g/mol. The highest BCUT2D eigenvalue weighted by molar-refractivity contribution is 5.27. The molecule has 0 unspecified atom stereocenters. The summed E-state index contributed by atoms with van der Waals surface area (Å²) in [6.45, 7) is 7.43. The van der Waals surface area contributed by atoms with Crippen molar-refractivity contribution in [1.29, 1.82) is 0 Å². The Hall–Kier alpha value is -0.600. The third-order valence-corrected chi connectivity index (χ3v) is 3.16. The van der Waals surface area contributed by atoms with Gasteiger partial charge in [-0.3, -0.25) is 0 Å². The average molecular weight is 194 g/mol. The first-order valence-corrected chi connectivity index (χ1v) is 5.36. The van der Waals surface area contributed by atoms with Gasteiger partial charge >= 0.3 is 0 Å². The molecule has 0 atom stereocenters. The van der Waals surface area contributed by atoms with Crippen molar-refractivity contribution in [3.8, 4) is 0 Å². The second-order valence-corrected chi connectivity index (χ2v) is 4.04. The van der Waals surface area contributed by atoms with Crippen LogP contribution in [0, 0.1) is 0 Å². The van der Waals surface area contributed by atoms with Crippen molar-refractivity contribution in [2.45, 2.75) is 38.4 Å². The number of hydrogen-bond acceptors (Lipinski definition) is 2. The third-order valence-electron chi connectivity index (χ3n) is 3.16. The van der Waals surface area contributed by atoms with Crippen LogP contribution in [-0.2, 0) is 9.47 Å². The van der Waals surface area contributed by atoms with Crippen LogP contribution in [0.4, 0.5) is 0 Å². The first kappa shape index (κ1) is 9.94. The van der Waals surface area contributed by atoms with Crippen LogP contribution < -0.4 is 0 Å². The fraction of sp³-hybridized carbons (Fsp3) is 0.667. The molecule has 1 fully saturated rings. The minimum atomic E-state index is -0.340. The Morgan fingerprint density at radius 1 is 1.43 bits per heavy atom. The van der Waals surface area contributed by atoms with E-state index in [-0.39, 0.29) is 5.79 Å². The molecule has 2 aliphatic rings. The van der Waals surface area contributed by atoms with E-state index in [2.05, 4.69) is 13.5 Å². The molecule has 2 rings (SSSR count). The van der Waals surface area contributed by atoms with Gasteiger partial charge in [0.05, 0.1) is 13.2 Å². The first-order valence-electron chi connectivity index (χ1n) is 5.36. The second kappa shape index (κ2) is 3.87. The first-order chi connectivity index (χ1) is 6.78. The van der Waals surface area contributed by atoms with Crippen LogP contribution in [0.2, 0.25) is 0 Å². The maximum atomic E-state index is 5.77. The monoisotopic (exact) mass is 194 g/mol. The minimum absolute atomic E-state index is 0.340. The molecule has 2 heteroatoms. The van der Waals surface area contributed by atoms with Gasteiger partial charge in [-0.25, -0.2) is 0 Å². The van der Waals surface area contributed by atoms with Gasteiger partial charge in [-0.1, -0.05) is 11.6 Å². The Bertz CT molecular complexity index is 259. The van der Waals surface area contributed by atoms with E-state index in [1.807, 2.05) is 6.08 Å². The molecule has 0 saturated carbocycles. The molecule has 0 aromatic heterocycles. The van der Waals surface area contributed by atoms with Crippen LogP contribution in [0.25, 0.3) is 0 Å². The Morgan fingerprint density at radius 3 is 2.79 bits per heavy atom. The molecular formula is C12H18O2. The average Bonchev–Trinajstić information content (AvgIpc) is 2.75. The Balaban J connectivity index is 2.15. The Morgan fingerprint density at radius 2 is 2.14 bits per heavy atom. The van der Waals surface area contributed by atoms with Gasteiger partial charge in [0.15, 0.2) is 5.79 Å². The van der Waals surface area contributed by atoms with Gasteiger partial charge in [-0.2, -0.15) is 0 Å². The summed E-state index contributed by atoms with van der Waals surface area (Å²) in [6, 6.07) is 0. The van der Waals surface area contributed by atoms with E-state index in [1.54, 1.807) is 0 Å². The van der Waals surface area contributed by atoms with Gasteiger partial charge in [0.1, 0.15) is 0 Å². The van der Waals surface area contributed by atoms with E-state index >= 15 is 0 Å². The second-order valence-electron chi connectivity index (χ2n) is 4.04. The predicted molar refractivity (Wildman–Crippen MR) is 56.0 cm³/mol. The van der Waals surface area contributed by atoms with Crippen LogP contribution in [0.15, 0.2) is 23.8 Å². The number of allylic oxidation sites excluding steroid dienone is 2. The number of ether oxygens (including phenoxy) is 2. The fourth-order valence-electron chi connectivity index (χ4n) is 2.40.